The van der Waals surface area contributed by atoms with Gasteiger partial charge in [-0.1, -0.05) is 51.9 Å². The highest BCUT2D eigenvalue weighted by Gasteiger charge is 2.38. The molecule has 1 aromatic carbocycles. The summed E-state index contributed by atoms with van der Waals surface area (Å²) in [6.45, 7) is 3.30. The third-order valence-electron chi connectivity index (χ3n) is 6.49. The van der Waals surface area contributed by atoms with Crippen LogP contribution < -0.4 is 15.4 Å². The van der Waals surface area contributed by atoms with Gasteiger partial charge in [0, 0.05) is 19.4 Å². The highest BCUT2D eigenvalue weighted by molar-refractivity contribution is 6.19. The van der Waals surface area contributed by atoms with E-state index in [-0.39, 0.29) is 30.2 Å². The van der Waals surface area contributed by atoms with E-state index in [0.29, 0.717) is 37.4 Å². The number of carbonyl (C=O) groups is 3. The van der Waals surface area contributed by atoms with Gasteiger partial charge >= 0.3 is 6.03 Å². The summed E-state index contributed by atoms with van der Waals surface area (Å²) in [6, 6.07) is 6.57. The fraction of sp³-hybridized carbons (Fsp3) is 0.667. The standard InChI is InChI=1S/C27H43N3O4/c1-3-4-5-6-7-8-9-13-24(31)19-22(12-10-11-18-28)20-29-21-26(32)30(27(29)33)23-14-16-25(34-2)17-15-23/h14-17,22H,3-13,18-21,28H2,1-2H3. The topological polar surface area (TPSA) is 92.9 Å². The fourth-order valence-electron chi connectivity index (χ4n) is 4.53. The maximum absolute atomic E-state index is 13.0. The second-order valence-electron chi connectivity index (χ2n) is 9.35. The number of nitrogens with zero attached hydrogens (tertiary/aromatic N) is 2. The van der Waals surface area contributed by atoms with Crippen molar-refractivity contribution in [1.29, 1.82) is 0 Å². The molecule has 1 aliphatic heterocycles. The average Bonchev–Trinajstić information content (AvgIpc) is 3.11. The lowest BCUT2D eigenvalue weighted by Gasteiger charge is -2.23. The van der Waals surface area contributed by atoms with Crippen LogP contribution in [0.25, 0.3) is 0 Å². The minimum Gasteiger partial charge on any atom is -0.497 e. The van der Waals surface area contributed by atoms with Crippen LogP contribution >= 0.6 is 0 Å². The van der Waals surface area contributed by atoms with Gasteiger partial charge in [-0.25, -0.2) is 9.69 Å². The number of unbranched alkanes of at least 4 members (excludes halogenated alkanes) is 7. The fourth-order valence-corrected chi connectivity index (χ4v) is 4.53. The van der Waals surface area contributed by atoms with Gasteiger partial charge in [0.25, 0.3) is 5.91 Å². The second kappa shape index (κ2) is 15.5. The summed E-state index contributed by atoms with van der Waals surface area (Å²) in [7, 11) is 1.57. The number of rotatable bonds is 18. The molecule has 3 amide bonds. The number of methoxy groups -OCH3 is 1. The van der Waals surface area contributed by atoms with Crippen LogP contribution in [0.2, 0.25) is 0 Å². The molecule has 0 radical (unpaired) electrons. The van der Waals surface area contributed by atoms with Crippen molar-refractivity contribution in [1.82, 2.24) is 4.90 Å². The number of imide groups is 1. The lowest BCUT2D eigenvalue weighted by atomic mass is 9.93. The Morgan fingerprint density at radius 1 is 1.00 bits per heavy atom. The van der Waals surface area contributed by atoms with E-state index >= 15 is 0 Å². The summed E-state index contributed by atoms with van der Waals surface area (Å²) in [5.74, 6) is 0.733. The first-order valence-electron chi connectivity index (χ1n) is 13.0. The quantitative estimate of drug-likeness (QED) is 0.230. The molecule has 1 unspecified atom stereocenters. The number of carbonyl (C=O) groups excluding carboxylic acids is 3. The van der Waals surface area contributed by atoms with Crippen molar-refractivity contribution in [2.24, 2.45) is 11.7 Å². The van der Waals surface area contributed by atoms with Crippen LogP contribution in [0.15, 0.2) is 24.3 Å². The number of urea groups is 1. The van der Waals surface area contributed by atoms with Crippen molar-refractivity contribution in [3.05, 3.63) is 24.3 Å². The number of amides is 3. The number of nitrogens with two attached hydrogens (primary N) is 1. The molecule has 7 heteroatoms. The molecule has 0 aliphatic carbocycles. The van der Waals surface area contributed by atoms with Crippen LogP contribution in [0.3, 0.4) is 0 Å². The molecule has 1 heterocycles. The molecular formula is C27H43N3O4. The third-order valence-corrected chi connectivity index (χ3v) is 6.49. The van der Waals surface area contributed by atoms with E-state index in [1.807, 2.05) is 0 Å². The van der Waals surface area contributed by atoms with Gasteiger partial charge in [0.1, 0.15) is 18.1 Å². The Kier molecular flexibility index (Phi) is 12.7. The molecule has 190 valence electrons. The maximum atomic E-state index is 13.0. The van der Waals surface area contributed by atoms with Gasteiger partial charge in [0.2, 0.25) is 0 Å². The Hall–Kier alpha value is -2.41. The molecule has 1 atom stereocenters. The first-order chi connectivity index (χ1) is 16.5. The molecular weight excluding hydrogens is 430 g/mol. The smallest absolute Gasteiger partial charge is 0.331 e. The third kappa shape index (κ3) is 9.09. The molecule has 1 fully saturated rings. The molecule has 1 aliphatic rings. The molecule has 34 heavy (non-hydrogen) atoms. The number of Topliss-reactive ketones (excluding diaryl/α,β-unsaturated/α-hetero) is 1. The summed E-state index contributed by atoms with van der Waals surface area (Å²) in [5.41, 5.74) is 6.19. The monoisotopic (exact) mass is 473 g/mol. The van der Waals surface area contributed by atoms with Crippen molar-refractivity contribution in [3.63, 3.8) is 0 Å². The molecule has 2 rings (SSSR count). The van der Waals surface area contributed by atoms with Gasteiger partial charge in [-0.15, -0.1) is 0 Å². The van der Waals surface area contributed by atoms with Crippen molar-refractivity contribution in [2.75, 3.05) is 31.6 Å². The van der Waals surface area contributed by atoms with Gasteiger partial charge in [0.15, 0.2) is 0 Å². The Labute approximate surface area is 205 Å². The van der Waals surface area contributed by atoms with Crippen LogP contribution in [0.5, 0.6) is 5.75 Å². The van der Waals surface area contributed by atoms with Gasteiger partial charge in [-0.05, 0) is 56.0 Å². The zero-order valence-corrected chi connectivity index (χ0v) is 21.1. The normalized spacial score (nSPS) is 14.7. The minimum absolute atomic E-state index is 0.0458. The van der Waals surface area contributed by atoms with Crippen LogP contribution in [0.4, 0.5) is 10.5 Å². The van der Waals surface area contributed by atoms with Crippen molar-refractivity contribution in [3.8, 4) is 5.75 Å². The van der Waals surface area contributed by atoms with E-state index in [4.69, 9.17) is 10.5 Å². The summed E-state index contributed by atoms with van der Waals surface area (Å²) in [6.07, 6.45) is 12.0. The maximum Gasteiger partial charge on any atom is 0.331 e. The van der Waals surface area contributed by atoms with Crippen LogP contribution in [0, 0.1) is 5.92 Å². The number of anilines is 1. The van der Waals surface area contributed by atoms with E-state index in [1.54, 1.807) is 36.3 Å². The van der Waals surface area contributed by atoms with Crippen LogP contribution in [0.1, 0.15) is 84.0 Å². The largest absolute Gasteiger partial charge is 0.497 e. The average molecular weight is 474 g/mol. The van der Waals surface area contributed by atoms with E-state index in [1.165, 1.54) is 37.0 Å². The highest BCUT2D eigenvalue weighted by Crippen LogP contribution is 2.26. The molecule has 0 aromatic heterocycles. The Morgan fingerprint density at radius 3 is 2.32 bits per heavy atom. The Bertz CT molecular complexity index is 766. The predicted molar refractivity (Wildman–Crippen MR) is 136 cm³/mol. The molecule has 2 N–H and O–H groups in total. The molecule has 0 spiro atoms. The summed E-state index contributed by atoms with van der Waals surface area (Å²) < 4.78 is 5.16. The highest BCUT2D eigenvalue weighted by atomic mass is 16.5. The van der Waals surface area contributed by atoms with E-state index in [0.717, 1.165) is 32.1 Å². The van der Waals surface area contributed by atoms with Crippen molar-refractivity contribution < 1.29 is 19.1 Å². The van der Waals surface area contributed by atoms with E-state index in [9.17, 15) is 14.4 Å². The van der Waals surface area contributed by atoms with E-state index in [2.05, 4.69) is 6.92 Å². The molecule has 0 saturated carbocycles. The first-order valence-corrected chi connectivity index (χ1v) is 13.0. The van der Waals surface area contributed by atoms with Gasteiger partial charge in [-0.2, -0.15) is 0 Å². The van der Waals surface area contributed by atoms with Gasteiger partial charge < -0.3 is 15.4 Å². The minimum atomic E-state index is -0.321. The number of ketones is 1. The zero-order chi connectivity index (χ0) is 24.8. The van der Waals surface area contributed by atoms with Crippen LogP contribution in [-0.4, -0.2) is 49.4 Å². The van der Waals surface area contributed by atoms with Crippen LogP contribution in [-0.2, 0) is 9.59 Å². The summed E-state index contributed by atoms with van der Waals surface area (Å²) >= 11 is 0. The molecule has 1 aromatic rings. The Balaban J connectivity index is 1.89. The van der Waals surface area contributed by atoms with Crippen molar-refractivity contribution in [2.45, 2.75) is 84.0 Å². The van der Waals surface area contributed by atoms with E-state index < -0.39 is 0 Å². The first kappa shape index (κ1) is 27.8. The number of hydrogen-bond acceptors (Lipinski definition) is 5. The Morgan fingerprint density at radius 2 is 1.68 bits per heavy atom. The molecule has 7 nitrogen and oxygen atoms in total. The van der Waals surface area contributed by atoms with Gasteiger partial charge in [0.05, 0.1) is 12.8 Å². The summed E-state index contributed by atoms with van der Waals surface area (Å²) in [5, 5.41) is 0. The lowest BCUT2D eigenvalue weighted by molar-refractivity contribution is -0.120. The summed E-state index contributed by atoms with van der Waals surface area (Å²) in [4.78, 5) is 41.1. The number of ether oxygens (including phenoxy) is 1. The predicted octanol–water partition coefficient (Wildman–Crippen LogP) is 5.31. The number of hydrogen-bond donors (Lipinski definition) is 1. The molecule has 0 bridgehead atoms. The van der Waals surface area contributed by atoms with Crippen molar-refractivity contribution >= 4 is 23.4 Å². The second-order valence-corrected chi connectivity index (χ2v) is 9.35. The zero-order valence-electron chi connectivity index (χ0n) is 21.1. The van der Waals surface area contributed by atoms with Gasteiger partial charge in [-0.3, -0.25) is 9.59 Å². The SMILES string of the molecule is CCCCCCCCCC(=O)CC(CCCCN)CN1CC(=O)N(c2ccc(OC)cc2)C1=O. The number of benzene rings is 1. The molecule has 1 saturated heterocycles. The lowest BCUT2D eigenvalue weighted by Crippen LogP contribution is -2.36.